The third-order valence-electron chi connectivity index (χ3n) is 5.97. The number of fused-ring (bicyclic) bond motifs is 7. The van der Waals surface area contributed by atoms with Crippen molar-refractivity contribution in [2.24, 2.45) is 0 Å². The van der Waals surface area contributed by atoms with E-state index in [1.807, 2.05) is 12.1 Å². The summed E-state index contributed by atoms with van der Waals surface area (Å²) in [5, 5.41) is 4.75. The predicted molar refractivity (Wildman–Crippen MR) is 108 cm³/mol. The van der Waals surface area contributed by atoms with Crippen LogP contribution in [-0.4, -0.2) is 12.3 Å². The number of hydrogen-bond acceptors (Lipinski definition) is 2. The molecule has 1 unspecified atom stereocenters. The van der Waals surface area contributed by atoms with Crippen LogP contribution >= 0.6 is 0 Å². The summed E-state index contributed by atoms with van der Waals surface area (Å²) in [6.07, 6.45) is -11.1. The number of alkyl halides is 6. The van der Waals surface area contributed by atoms with Crippen molar-refractivity contribution in [1.29, 1.82) is 0 Å². The third kappa shape index (κ3) is 2.82. The Balaban J connectivity index is 1.57. The molecule has 2 nitrogen and oxygen atoms in total. The van der Waals surface area contributed by atoms with Crippen LogP contribution in [0.15, 0.2) is 59.0 Å². The molecule has 0 amide bonds. The normalized spacial score (nSPS) is 16.9. The second kappa shape index (κ2) is 6.09. The Hall–Kier alpha value is -3.42. The van der Waals surface area contributed by atoms with E-state index in [-0.39, 0.29) is 17.8 Å². The van der Waals surface area contributed by atoms with E-state index in [0.29, 0.717) is 21.7 Å². The molecule has 6 rings (SSSR count). The van der Waals surface area contributed by atoms with E-state index in [1.54, 1.807) is 36.4 Å². The maximum absolute atomic E-state index is 13.1. The molecule has 0 aliphatic carbocycles. The fourth-order valence-electron chi connectivity index (χ4n) is 4.47. The maximum atomic E-state index is 13.1. The number of halogens is 6. The molecule has 8 heteroatoms. The second-order valence-electron chi connectivity index (χ2n) is 7.98. The Morgan fingerprint density at radius 1 is 0.688 bits per heavy atom. The molecule has 162 valence electrons. The highest BCUT2D eigenvalue weighted by molar-refractivity contribution is 6.19. The van der Waals surface area contributed by atoms with Gasteiger partial charge in [-0.1, -0.05) is 24.3 Å². The SMILES string of the molecule is FC(F)(F)c1cc2cc3ccc4c5cc6c(cc5ccc4c3cc2o1)CC(C(F)(F)F)O6. The van der Waals surface area contributed by atoms with Gasteiger partial charge in [0, 0.05) is 11.8 Å². The minimum Gasteiger partial charge on any atom is -0.480 e. The van der Waals surface area contributed by atoms with Gasteiger partial charge in [0.15, 0.2) is 6.10 Å². The van der Waals surface area contributed by atoms with Crippen LogP contribution in [0.2, 0.25) is 0 Å². The van der Waals surface area contributed by atoms with Crippen LogP contribution in [0.1, 0.15) is 11.3 Å². The van der Waals surface area contributed by atoms with Gasteiger partial charge < -0.3 is 9.15 Å². The lowest BCUT2D eigenvalue weighted by Gasteiger charge is -2.14. The van der Waals surface area contributed by atoms with Gasteiger partial charge in [0.05, 0.1) is 0 Å². The monoisotopic (exact) mass is 446 g/mol. The van der Waals surface area contributed by atoms with Crippen LogP contribution < -0.4 is 4.74 Å². The van der Waals surface area contributed by atoms with E-state index in [9.17, 15) is 26.3 Å². The zero-order valence-corrected chi connectivity index (χ0v) is 16.1. The molecule has 2 heterocycles. The van der Waals surface area contributed by atoms with Crippen LogP contribution in [0.25, 0.3) is 43.3 Å². The molecule has 0 saturated heterocycles. The van der Waals surface area contributed by atoms with Crippen molar-refractivity contribution in [3.63, 3.8) is 0 Å². The van der Waals surface area contributed by atoms with Crippen molar-refractivity contribution in [3.8, 4) is 5.75 Å². The van der Waals surface area contributed by atoms with E-state index in [1.165, 1.54) is 0 Å². The van der Waals surface area contributed by atoms with Crippen LogP contribution in [-0.2, 0) is 12.6 Å². The first-order valence-electron chi connectivity index (χ1n) is 9.74. The molecule has 0 fully saturated rings. The molecule has 1 aliphatic heterocycles. The zero-order valence-electron chi connectivity index (χ0n) is 16.1. The molecule has 32 heavy (non-hydrogen) atoms. The van der Waals surface area contributed by atoms with Crippen LogP contribution in [0, 0.1) is 0 Å². The number of benzene rings is 4. The lowest BCUT2D eigenvalue weighted by atomic mass is 9.95. The molecular weight excluding hydrogens is 434 g/mol. The number of hydrogen-bond donors (Lipinski definition) is 0. The summed E-state index contributed by atoms with van der Waals surface area (Å²) in [6, 6.07) is 14.7. The summed E-state index contributed by atoms with van der Waals surface area (Å²) >= 11 is 0. The van der Waals surface area contributed by atoms with Gasteiger partial charge in [-0.3, -0.25) is 0 Å². The lowest BCUT2D eigenvalue weighted by molar-refractivity contribution is -0.189. The predicted octanol–water partition coefficient (Wildman–Crippen LogP) is 7.78. The molecule has 1 aliphatic rings. The Morgan fingerprint density at radius 2 is 1.34 bits per heavy atom. The number of furan rings is 1. The van der Waals surface area contributed by atoms with Crippen molar-refractivity contribution in [2.75, 3.05) is 0 Å². The van der Waals surface area contributed by atoms with Crippen molar-refractivity contribution >= 4 is 43.3 Å². The molecule has 1 aromatic heterocycles. The van der Waals surface area contributed by atoms with E-state index in [0.717, 1.165) is 27.6 Å². The summed E-state index contributed by atoms with van der Waals surface area (Å²) in [5.74, 6) is -0.867. The summed E-state index contributed by atoms with van der Waals surface area (Å²) in [5.41, 5.74) is 0.611. The van der Waals surface area contributed by atoms with E-state index in [4.69, 9.17) is 9.15 Å². The zero-order chi connectivity index (χ0) is 22.4. The van der Waals surface area contributed by atoms with Crippen molar-refractivity contribution < 1.29 is 35.5 Å². The molecule has 0 saturated carbocycles. The summed E-state index contributed by atoms with van der Waals surface area (Å²) in [4.78, 5) is 0. The molecule has 0 radical (unpaired) electrons. The maximum Gasteiger partial charge on any atom is 0.449 e. The Morgan fingerprint density at radius 3 is 2.00 bits per heavy atom. The number of rotatable bonds is 0. The average Bonchev–Trinajstić information content (AvgIpc) is 3.33. The largest absolute Gasteiger partial charge is 0.480 e. The molecule has 1 atom stereocenters. The number of ether oxygens (including phenoxy) is 1. The fourth-order valence-corrected chi connectivity index (χ4v) is 4.47. The first kappa shape index (κ1) is 19.3. The molecule has 0 spiro atoms. The van der Waals surface area contributed by atoms with E-state index in [2.05, 4.69) is 0 Å². The topological polar surface area (TPSA) is 22.4 Å². The fraction of sp³-hybridized carbons (Fsp3) is 0.167. The second-order valence-corrected chi connectivity index (χ2v) is 7.98. The van der Waals surface area contributed by atoms with Gasteiger partial charge in [-0.15, -0.1) is 0 Å². The Bertz CT molecular complexity index is 1560. The molecular formula is C24H12F6O2. The Kier molecular flexibility index (Phi) is 3.67. The van der Waals surface area contributed by atoms with Gasteiger partial charge in [0.1, 0.15) is 11.3 Å². The van der Waals surface area contributed by atoms with Crippen molar-refractivity contribution in [1.82, 2.24) is 0 Å². The summed E-state index contributed by atoms with van der Waals surface area (Å²) in [6.45, 7) is 0. The molecule has 0 bridgehead atoms. The first-order valence-corrected chi connectivity index (χ1v) is 9.74. The quantitative estimate of drug-likeness (QED) is 0.179. The van der Waals surface area contributed by atoms with Crippen LogP contribution in [0.5, 0.6) is 5.75 Å². The van der Waals surface area contributed by atoms with Crippen molar-refractivity contribution in [2.45, 2.75) is 24.9 Å². The molecule has 5 aromatic rings. The molecule has 0 N–H and O–H groups in total. The van der Waals surface area contributed by atoms with E-state index < -0.39 is 24.2 Å². The summed E-state index contributed by atoms with van der Waals surface area (Å²) in [7, 11) is 0. The third-order valence-corrected chi connectivity index (χ3v) is 5.97. The van der Waals surface area contributed by atoms with Crippen LogP contribution in [0.3, 0.4) is 0 Å². The average molecular weight is 446 g/mol. The highest BCUT2D eigenvalue weighted by Gasteiger charge is 2.45. The van der Waals surface area contributed by atoms with Gasteiger partial charge in [-0.2, -0.15) is 26.3 Å². The van der Waals surface area contributed by atoms with Crippen molar-refractivity contribution in [3.05, 3.63) is 65.9 Å². The summed E-state index contributed by atoms with van der Waals surface area (Å²) < 4.78 is 88.6. The smallest absolute Gasteiger partial charge is 0.449 e. The van der Waals surface area contributed by atoms with Gasteiger partial charge in [0.25, 0.3) is 0 Å². The first-order chi connectivity index (χ1) is 15.1. The highest BCUT2D eigenvalue weighted by atomic mass is 19.4. The van der Waals surface area contributed by atoms with Gasteiger partial charge in [-0.25, -0.2) is 0 Å². The van der Waals surface area contributed by atoms with Crippen LogP contribution in [0.4, 0.5) is 26.3 Å². The standard InChI is InChI=1S/C24H12F6O2/c25-23(26,27)21-7-13-5-11-1-3-15-16(17(11)9-19(13)31-21)4-2-12-6-14-8-22(24(28,29)30)32-20(14)10-18(12)15/h1-7,9-10,22H,8H2. The Labute approximate surface area is 176 Å². The minimum atomic E-state index is -4.59. The highest BCUT2D eigenvalue weighted by Crippen LogP contribution is 2.42. The van der Waals surface area contributed by atoms with Gasteiger partial charge in [-0.05, 0) is 68.2 Å². The van der Waals surface area contributed by atoms with Gasteiger partial charge in [0.2, 0.25) is 5.76 Å². The van der Waals surface area contributed by atoms with E-state index >= 15 is 0 Å². The van der Waals surface area contributed by atoms with Gasteiger partial charge >= 0.3 is 12.4 Å². The molecule has 4 aromatic carbocycles. The minimum absolute atomic E-state index is 0.114. The lowest BCUT2D eigenvalue weighted by Crippen LogP contribution is -2.32.